The highest BCUT2D eigenvalue weighted by Gasteiger charge is 2.17. The molecule has 0 saturated carbocycles. The number of likely N-dealkylation sites (N-methyl/N-ethyl adjacent to an activating group) is 1. The minimum Gasteiger partial charge on any atom is -0.481 e. The van der Waals surface area contributed by atoms with Crippen LogP contribution in [0.3, 0.4) is 0 Å². The molecule has 0 saturated heterocycles. The number of urea groups is 1. The monoisotopic (exact) mass is 287 g/mol. The average molecular weight is 287 g/mol. The molecule has 0 aromatic heterocycles. The van der Waals surface area contributed by atoms with E-state index in [9.17, 15) is 9.59 Å². The van der Waals surface area contributed by atoms with Crippen LogP contribution >= 0.6 is 0 Å². The summed E-state index contributed by atoms with van der Waals surface area (Å²) in [4.78, 5) is 24.7. The number of rotatable bonds is 10. The van der Waals surface area contributed by atoms with Crippen molar-refractivity contribution in [2.75, 3.05) is 26.7 Å². The van der Waals surface area contributed by atoms with E-state index in [1.165, 1.54) is 0 Å². The molecule has 0 aliphatic carbocycles. The largest absolute Gasteiger partial charge is 0.481 e. The highest BCUT2D eigenvalue weighted by atomic mass is 16.4. The Kier molecular flexibility index (Phi) is 9.80. The molecule has 6 heteroatoms. The van der Waals surface area contributed by atoms with Crippen molar-refractivity contribution in [3.63, 3.8) is 0 Å². The third kappa shape index (κ3) is 7.99. The molecule has 20 heavy (non-hydrogen) atoms. The summed E-state index contributed by atoms with van der Waals surface area (Å²) in [5.74, 6) is -1.36. The summed E-state index contributed by atoms with van der Waals surface area (Å²) in [6, 6.07) is 0.186. The van der Waals surface area contributed by atoms with Crippen LogP contribution in [0.2, 0.25) is 0 Å². The highest BCUT2D eigenvalue weighted by molar-refractivity contribution is 5.75. The molecule has 118 valence electrons. The number of nitrogens with one attached hydrogen (secondary N) is 2. The van der Waals surface area contributed by atoms with Gasteiger partial charge in [0.25, 0.3) is 0 Å². The maximum absolute atomic E-state index is 11.6. The normalized spacial score (nSPS) is 13.8. The van der Waals surface area contributed by atoms with Crippen LogP contribution in [-0.2, 0) is 4.79 Å². The van der Waals surface area contributed by atoms with E-state index in [1.54, 1.807) is 0 Å². The van der Waals surface area contributed by atoms with E-state index in [4.69, 9.17) is 5.11 Å². The van der Waals surface area contributed by atoms with Gasteiger partial charge in [-0.25, -0.2) is 4.79 Å². The molecular weight excluding hydrogens is 258 g/mol. The summed E-state index contributed by atoms with van der Waals surface area (Å²) in [5, 5.41) is 14.3. The zero-order valence-corrected chi connectivity index (χ0v) is 13.1. The second-order valence-electron chi connectivity index (χ2n) is 5.20. The van der Waals surface area contributed by atoms with Crippen molar-refractivity contribution in [2.24, 2.45) is 5.92 Å². The number of aliphatic carboxylic acids is 1. The van der Waals surface area contributed by atoms with Gasteiger partial charge in [0.15, 0.2) is 0 Å². The van der Waals surface area contributed by atoms with E-state index in [-0.39, 0.29) is 12.6 Å². The molecule has 0 heterocycles. The fourth-order valence-electron chi connectivity index (χ4n) is 1.82. The average Bonchev–Trinajstić information content (AvgIpc) is 2.41. The number of hydrogen-bond donors (Lipinski definition) is 3. The summed E-state index contributed by atoms with van der Waals surface area (Å²) in [6.07, 6.45) is 2.44. The summed E-state index contributed by atoms with van der Waals surface area (Å²) in [7, 11) is 2.02. The van der Waals surface area contributed by atoms with E-state index in [2.05, 4.69) is 29.4 Å². The third-order valence-electron chi connectivity index (χ3n) is 3.59. The molecule has 0 fully saturated rings. The molecule has 2 amide bonds. The zero-order chi connectivity index (χ0) is 15.5. The van der Waals surface area contributed by atoms with Gasteiger partial charge in [-0.05, 0) is 26.8 Å². The van der Waals surface area contributed by atoms with Gasteiger partial charge in [-0.15, -0.1) is 0 Å². The number of carbonyl (C=O) groups excluding carboxylic acids is 1. The summed E-state index contributed by atoms with van der Waals surface area (Å²) < 4.78 is 0. The predicted molar refractivity (Wildman–Crippen MR) is 79.8 cm³/mol. The lowest BCUT2D eigenvalue weighted by Crippen LogP contribution is -2.43. The Morgan fingerprint density at radius 3 is 2.40 bits per heavy atom. The Bertz CT molecular complexity index is 297. The molecule has 0 aliphatic rings. The minimum atomic E-state index is -0.858. The van der Waals surface area contributed by atoms with Gasteiger partial charge in [0.1, 0.15) is 0 Å². The van der Waals surface area contributed by atoms with Crippen molar-refractivity contribution in [3.05, 3.63) is 0 Å². The lowest BCUT2D eigenvalue weighted by Gasteiger charge is -2.23. The molecule has 0 radical (unpaired) electrons. The first-order valence-corrected chi connectivity index (χ1v) is 7.37. The SMILES string of the molecule is CCCC(CNC(=O)NCCN(C)C(C)CC)C(=O)O. The molecule has 0 bridgehead atoms. The smallest absolute Gasteiger partial charge is 0.314 e. The second kappa shape index (κ2) is 10.5. The molecule has 0 aromatic carbocycles. The molecule has 3 N–H and O–H groups in total. The van der Waals surface area contributed by atoms with E-state index < -0.39 is 11.9 Å². The molecule has 2 unspecified atom stereocenters. The molecule has 0 aliphatic heterocycles. The van der Waals surface area contributed by atoms with E-state index in [0.717, 1.165) is 19.4 Å². The minimum absolute atomic E-state index is 0.177. The fraction of sp³-hybridized carbons (Fsp3) is 0.857. The number of nitrogens with zero attached hydrogens (tertiary/aromatic N) is 1. The van der Waals surface area contributed by atoms with Crippen LogP contribution in [-0.4, -0.2) is 54.7 Å². The van der Waals surface area contributed by atoms with E-state index in [1.807, 2.05) is 14.0 Å². The lowest BCUT2D eigenvalue weighted by molar-refractivity contribution is -0.141. The number of carbonyl (C=O) groups is 2. The van der Waals surface area contributed by atoms with Gasteiger partial charge < -0.3 is 20.6 Å². The maximum atomic E-state index is 11.6. The van der Waals surface area contributed by atoms with Crippen molar-refractivity contribution in [1.82, 2.24) is 15.5 Å². The van der Waals surface area contributed by atoms with E-state index in [0.29, 0.717) is 19.0 Å². The summed E-state index contributed by atoms with van der Waals surface area (Å²) in [6.45, 7) is 7.71. The maximum Gasteiger partial charge on any atom is 0.314 e. The Balaban J connectivity index is 3.86. The lowest BCUT2D eigenvalue weighted by atomic mass is 10.0. The fourth-order valence-corrected chi connectivity index (χ4v) is 1.82. The van der Waals surface area contributed by atoms with Gasteiger partial charge >= 0.3 is 12.0 Å². The Morgan fingerprint density at radius 2 is 1.90 bits per heavy atom. The molecule has 0 rings (SSSR count). The van der Waals surface area contributed by atoms with Gasteiger partial charge in [0.05, 0.1) is 5.92 Å². The van der Waals surface area contributed by atoms with Crippen LogP contribution in [0.15, 0.2) is 0 Å². The van der Waals surface area contributed by atoms with Gasteiger partial charge in [0, 0.05) is 25.7 Å². The Hall–Kier alpha value is -1.30. The van der Waals surface area contributed by atoms with Crippen molar-refractivity contribution in [1.29, 1.82) is 0 Å². The molecule has 6 nitrogen and oxygen atoms in total. The van der Waals surface area contributed by atoms with Gasteiger partial charge in [-0.1, -0.05) is 20.3 Å². The molecule has 0 spiro atoms. The zero-order valence-electron chi connectivity index (χ0n) is 13.1. The van der Waals surface area contributed by atoms with E-state index >= 15 is 0 Å². The Morgan fingerprint density at radius 1 is 1.25 bits per heavy atom. The first kappa shape index (κ1) is 18.7. The number of carboxylic acid groups (broad SMARTS) is 1. The predicted octanol–water partition coefficient (Wildman–Crippen LogP) is 1.52. The van der Waals surface area contributed by atoms with Crippen molar-refractivity contribution in [3.8, 4) is 0 Å². The third-order valence-corrected chi connectivity index (χ3v) is 3.59. The number of hydrogen-bond acceptors (Lipinski definition) is 3. The van der Waals surface area contributed by atoms with Crippen LogP contribution in [0.5, 0.6) is 0 Å². The number of carboxylic acids is 1. The van der Waals surface area contributed by atoms with Crippen LogP contribution in [0.4, 0.5) is 4.79 Å². The molecular formula is C14H29N3O3. The highest BCUT2D eigenvalue weighted by Crippen LogP contribution is 2.04. The summed E-state index contributed by atoms with van der Waals surface area (Å²) >= 11 is 0. The number of amides is 2. The van der Waals surface area contributed by atoms with Gasteiger partial charge in [-0.2, -0.15) is 0 Å². The van der Waals surface area contributed by atoms with Gasteiger partial charge in [0.2, 0.25) is 0 Å². The molecule has 2 atom stereocenters. The van der Waals surface area contributed by atoms with Gasteiger partial charge in [-0.3, -0.25) is 4.79 Å². The van der Waals surface area contributed by atoms with Crippen LogP contribution in [0.25, 0.3) is 0 Å². The quantitative estimate of drug-likeness (QED) is 0.569. The van der Waals surface area contributed by atoms with Crippen molar-refractivity contribution < 1.29 is 14.7 Å². The first-order chi connectivity index (χ1) is 9.42. The topological polar surface area (TPSA) is 81.7 Å². The van der Waals surface area contributed by atoms with Crippen molar-refractivity contribution >= 4 is 12.0 Å². The standard InChI is InChI=1S/C14H29N3O3/c1-5-7-12(13(18)19)10-16-14(20)15-8-9-17(4)11(3)6-2/h11-12H,5-10H2,1-4H3,(H,18,19)(H2,15,16,20). The first-order valence-electron chi connectivity index (χ1n) is 7.37. The summed E-state index contributed by atoms with van der Waals surface area (Å²) in [5.41, 5.74) is 0. The van der Waals surface area contributed by atoms with Crippen molar-refractivity contribution in [2.45, 2.75) is 46.1 Å². The molecule has 0 aromatic rings. The second-order valence-corrected chi connectivity index (χ2v) is 5.20. The Labute approximate surface area is 121 Å². The van der Waals surface area contributed by atoms with Crippen LogP contribution in [0.1, 0.15) is 40.0 Å². The van der Waals surface area contributed by atoms with Crippen LogP contribution < -0.4 is 10.6 Å². The van der Waals surface area contributed by atoms with Crippen LogP contribution in [0, 0.1) is 5.92 Å².